The Balaban J connectivity index is 2.24. The summed E-state index contributed by atoms with van der Waals surface area (Å²) in [7, 11) is 0. The average Bonchev–Trinajstić information content (AvgIpc) is 2.34. The molecule has 0 aliphatic heterocycles. The Morgan fingerprint density at radius 2 is 1.78 bits per heavy atom. The third-order valence-corrected chi connectivity index (χ3v) is 2.75. The summed E-state index contributed by atoms with van der Waals surface area (Å²) >= 11 is 11.9. The lowest BCUT2D eigenvalue weighted by Gasteiger charge is -2.08. The van der Waals surface area contributed by atoms with E-state index in [4.69, 9.17) is 28.9 Å². The molecule has 0 spiro atoms. The lowest BCUT2D eigenvalue weighted by atomic mass is 10.3. The molecule has 5 nitrogen and oxygen atoms in total. The van der Waals surface area contributed by atoms with Crippen molar-refractivity contribution >= 4 is 40.6 Å². The summed E-state index contributed by atoms with van der Waals surface area (Å²) in [6, 6.07) is 7.87. The first kappa shape index (κ1) is 12.6. The van der Waals surface area contributed by atoms with E-state index >= 15 is 0 Å². The summed E-state index contributed by atoms with van der Waals surface area (Å²) in [5.74, 6) is -0.222. The van der Waals surface area contributed by atoms with E-state index in [1.165, 1.54) is 12.1 Å². The highest BCUT2D eigenvalue weighted by atomic mass is 35.5. The van der Waals surface area contributed by atoms with Crippen molar-refractivity contribution in [3.8, 4) is 0 Å². The van der Waals surface area contributed by atoms with Crippen LogP contribution in [0.2, 0.25) is 10.0 Å². The van der Waals surface area contributed by atoms with Gasteiger partial charge in [0.15, 0.2) is 5.69 Å². The van der Waals surface area contributed by atoms with Crippen LogP contribution in [-0.2, 0) is 0 Å². The first-order valence-corrected chi connectivity index (χ1v) is 5.68. The van der Waals surface area contributed by atoms with Crippen LogP contribution in [0.25, 0.3) is 0 Å². The number of anilines is 2. The molecular weight excluding hydrogens is 275 g/mol. The molecule has 18 heavy (non-hydrogen) atoms. The number of halogens is 2. The van der Waals surface area contributed by atoms with Crippen molar-refractivity contribution in [2.75, 3.05) is 11.1 Å². The van der Waals surface area contributed by atoms with Crippen molar-refractivity contribution in [1.82, 2.24) is 10.2 Å². The number of benzene rings is 1. The second-order valence-corrected chi connectivity index (χ2v) is 4.21. The molecule has 7 heteroatoms. The summed E-state index contributed by atoms with van der Waals surface area (Å²) < 4.78 is 0. The Kier molecular flexibility index (Phi) is 3.64. The van der Waals surface area contributed by atoms with E-state index in [1.807, 2.05) is 0 Å². The van der Waals surface area contributed by atoms with E-state index in [0.29, 0.717) is 15.7 Å². The van der Waals surface area contributed by atoms with Crippen molar-refractivity contribution in [3.05, 3.63) is 46.1 Å². The van der Waals surface area contributed by atoms with Crippen LogP contribution in [0.3, 0.4) is 0 Å². The van der Waals surface area contributed by atoms with E-state index in [-0.39, 0.29) is 11.5 Å². The number of carbonyl (C=O) groups is 1. The minimum absolute atomic E-state index is 0.125. The number of amides is 1. The van der Waals surface area contributed by atoms with E-state index in [0.717, 1.165) is 0 Å². The number of hydrogen-bond acceptors (Lipinski definition) is 4. The molecule has 0 atom stereocenters. The summed E-state index contributed by atoms with van der Waals surface area (Å²) in [6.07, 6.45) is 0. The molecular formula is C11H8Cl2N4O. The van der Waals surface area contributed by atoms with Gasteiger partial charge in [0.2, 0.25) is 0 Å². The van der Waals surface area contributed by atoms with Crippen molar-refractivity contribution in [2.45, 2.75) is 0 Å². The van der Waals surface area contributed by atoms with E-state index in [2.05, 4.69) is 15.5 Å². The predicted octanol–water partition coefficient (Wildman–Crippen LogP) is 2.62. The Labute approximate surface area is 113 Å². The number of hydrogen-bond donors (Lipinski definition) is 2. The van der Waals surface area contributed by atoms with Gasteiger partial charge in [-0.2, -0.15) is 0 Å². The van der Waals surface area contributed by atoms with E-state index < -0.39 is 5.91 Å². The molecule has 1 amide bonds. The first-order chi connectivity index (χ1) is 8.58. The standard InChI is InChI=1S/C11H8Cl2N4O/c12-6-2-1-3-7(13)10(6)15-11(18)8-4-5-9(14)17-16-8/h1-5H,(H2,14,17)(H,15,18). The van der Waals surface area contributed by atoms with Gasteiger partial charge in [0.25, 0.3) is 5.91 Å². The van der Waals surface area contributed by atoms with E-state index in [1.54, 1.807) is 18.2 Å². The number of carbonyl (C=O) groups excluding carboxylic acids is 1. The minimum Gasteiger partial charge on any atom is -0.382 e. The largest absolute Gasteiger partial charge is 0.382 e. The molecule has 1 heterocycles. The molecule has 0 saturated carbocycles. The molecule has 0 aliphatic rings. The van der Waals surface area contributed by atoms with Gasteiger partial charge < -0.3 is 11.1 Å². The van der Waals surface area contributed by atoms with Crippen LogP contribution >= 0.6 is 23.2 Å². The third kappa shape index (κ3) is 2.69. The highest BCUT2D eigenvalue weighted by Gasteiger charge is 2.12. The minimum atomic E-state index is -0.461. The average molecular weight is 283 g/mol. The number of nitrogens with zero attached hydrogens (tertiary/aromatic N) is 2. The van der Waals surface area contributed by atoms with Crippen molar-refractivity contribution in [1.29, 1.82) is 0 Å². The molecule has 2 rings (SSSR count). The normalized spacial score (nSPS) is 10.1. The molecule has 3 N–H and O–H groups in total. The number of nitrogens with two attached hydrogens (primary N) is 1. The third-order valence-electron chi connectivity index (χ3n) is 2.12. The zero-order valence-corrected chi connectivity index (χ0v) is 10.5. The molecule has 0 bridgehead atoms. The van der Waals surface area contributed by atoms with Gasteiger partial charge in [0.1, 0.15) is 5.82 Å². The van der Waals surface area contributed by atoms with Gasteiger partial charge in [0, 0.05) is 0 Å². The number of rotatable bonds is 2. The number of aromatic nitrogens is 2. The quantitative estimate of drug-likeness (QED) is 0.887. The Morgan fingerprint density at radius 3 is 2.33 bits per heavy atom. The Morgan fingerprint density at radius 1 is 1.11 bits per heavy atom. The summed E-state index contributed by atoms with van der Waals surface area (Å²) in [6.45, 7) is 0. The molecule has 0 fully saturated rings. The van der Waals surface area contributed by atoms with Gasteiger partial charge in [0.05, 0.1) is 15.7 Å². The maximum absolute atomic E-state index is 11.9. The van der Waals surface area contributed by atoms with Crippen molar-refractivity contribution < 1.29 is 4.79 Å². The zero-order chi connectivity index (χ0) is 13.1. The fourth-order valence-corrected chi connectivity index (χ4v) is 1.75. The fraction of sp³-hybridized carbons (Fsp3) is 0. The van der Waals surface area contributed by atoms with Crippen LogP contribution in [0.4, 0.5) is 11.5 Å². The fourth-order valence-electron chi connectivity index (χ4n) is 1.26. The van der Waals surface area contributed by atoms with Gasteiger partial charge in [-0.1, -0.05) is 29.3 Å². The van der Waals surface area contributed by atoms with Crippen LogP contribution in [0, 0.1) is 0 Å². The molecule has 0 aliphatic carbocycles. The number of nitrogens with one attached hydrogen (secondary N) is 1. The lowest BCUT2D eigenvalue weighted by Crippen LogP contribution is -2.15. The number of para-hydroxylation sites is 1. The van der Waals surface area contributed by atoms with Crippen LogP contribution in [0.1, 0.15) is 10.5 Å². The van der Waals surface area contributed by atoms with Gasteiger partial charge in [-0.3, -0.25) is 4.79 Å². The molecule has 0 saturated heterocycles. The lowest BCUT2D eigenvalue weighted by molar-refractivity contribution is 0.102. The molecule has 1 aromatic heterocycles. The van der Waals surface area contributed by atoms with Crippen molar-refractivity contribution in [3.63, 3.8) is 0 Å². The summed E-state index contributed by atoms with van der Waals surface area (Å²) in [5.41, 5.74) is 5.84. The second kappa shape index (κ2) is 5.20. The van der Waals surface area contributed by atoms with Crippen LogP contribution in [-0.4, -0.2) is 16.1 Å². The topological polar surface area (TPSA) is 80.9 Å². The summed E-state index contributed by atoms with van der Waals surface area (Å²) in [4.78, 5) is 11.9. The zero-order valence-electron chi connectivity index (χ0n) is 9.02. The predicted molar refractivity (Wildman–Crippen MR) is 70.9 cm³/mol. The Bertz CT molecular complexity index is 566. The SMILES string of the molecule is Nc1ccc(C(=O)Nc2c(Cl)cccc2Cl)nn1. The monoisotopic (exact) mass is 282 g/mol. The molecule has 2 aromatic rings. The Hall–Kier alpha value is -1.85. The first-order valence-electron chi connectivity index (χ1n) is 4.92. The smallest absolute Gasteiger partial charge is 0.276 e. The molecule has 0 radical (unpaired) electrons. The van der Waals surface area contributed by atoms with Gasteiger partial charge >= 0.3 is 0 Å². The maximum Gasteiger partial charge on any atom is 0.276 e. The van der Waals surface area contributed by atoms with Crippen molar-refractivity contribution in [2.24, 2.45) is 0 Å². The van der Waals surface area contributed by atoms with Crippen LogP contribution in [0.5, 0.6) is 0 Å². The van der Waals surface area contributed by atoms with E-state index in [9.17, 15) is 4.79 Å². The second-order valence-electron chi connectivity index (χ2n) is 3.39. The van der Waals surface area contributed by atoms with Gasteiger partial charge in [-0.05, 0) is 24.3 Å². The highest BCUT2D eigenvalue weighted by molar-refractivity contribution is 6.39. The molecule has 0 unspecified atom stereocenters. The molecule has 1 aromatic carbocycles. The molecule has 92 valence electrons. The van der Waals surface area contributed by atoms with Gasteiger partial charge in [-0.15, -0.1) is 10.2 Å². The van der Waals surface area contributed by atoms with Crippen LogP contribution < -0.4 is 11.1 Å². The maximum atomic E-state index is 11.9. The summed E-state index contributed by atoms with van der Waals surface area (Å²) in [5, 5.41) is 10.5. The van der Waals surface area contributed by atoms with Crippen LogP contribution in [0.15, 0.2) is 30.3 Å². The number of nitrogen functional groups attached to an aromatic ring is 1. The highest BCUT2D eigenvalue weighted by Crippen LogP contribution is 2.29. The van der Waals surface area contributed by atoms with Gasteiger partial charge in [-0.25, -0.2) is 0 Å².